The number of nitrogen functional groups attached to an aromatic ring is 1. The smallest absolute Gasteiger partial charge is 0.251 e. The number of carbonyl (C=O) groups is 1. The SMILES string of the molecule is Cc1cc(Cl)ccc1C(=O)NCc1cn[nH]c1N. The molecule has 0 spiro atoms. The number of aryl methyl sites for hydroxylation is 1. The van der Waals surface area contributed by atoms with Crippen molar-refractivity contribution in [2.75, 3.05) is 5.73 Å². The Morgan fingerprint density at radius 3 is 2.94 bits per heavy atom. The maximum absolute atomic E-state index is 12.0. The fourth-order valence-electron chi connectivity index (χ4n) is 1.61. The van der Waals surface area contributed by atoms with Crippen LogP contribution in [0.4, 0.5) is 5.82 Å². The first-order valence-electron chi connectivity index (χ1n) is 5.40. The summed E-state index contributed by atoms with van der Waals surface area (Å²) in [5, 5.41) is 9.79. The number of hydrogen-bond acceptors (Lipinski definition) is 3. The maximum atomic E-state index is 12.0. The Hall–Kier alpha value is -2.01. The number of nitrogens with one attached hydrogen (secondary N) is 2. The van der Waals surface area contributed by atoms with Crippen LogP contribution in [-0.4, -0.2) is 16.1 Å². The fourth-order valence-corrected chi connectivity index (χ4v) is 1.84. The number of anilines is 1. The molecule has 1 aromatic heterocycles. The van der Waals surface area contributed by atoms with E-state index in [0.29, 0.717) is 22.9 Å². The molecule has 6 heteroatoms. The van der Waals surface area contributed by atoms with Crippen LogP contribution in [0.2, 0.25) is 5.02 Å². The van der Waals surface area contributed by atoms with E-state index in [1.807, 2.05) is 6.92 Å². The van der Waals surface area contributed by atoms with Crippen LogP contribution in [0.5, 0.6) is 0 Å². The van der Waals surface area contributed by atoms with Gasteiger partial charge in [0.15, 0.2) is 0 Å². The molecule has 1 amide bonds. The molecule has 0 saturated heterocycles. The van der Waals surface area contributed by atoms with E-state index in [9.17, 15) is 4.79 Å². The number of aromatic nitrogens is 2. The van der Waals surface area contributed by atoms with E-state index < -0.39 is 0 Å². The van der Waals surface area contributed by atoms with Gasteiger partial charge in [0.1, 0.15) is 5.82 Å². The van der Waals surface area contributed by atoms with Crippen LogP contribution in [-0.2, 0) is 6.54 Å². The minimum Gasteiger partial charge on any atom is -0.384 e. The highest BCUT2D eigenvalue weighted by Gasteiger charge is 2.10. The van der Waals surface area contributed by atoms with Crippen molar-refractivity contribution in [2.24, 2.45) is 0 Å². The summed E-state index contributed by atoms with van der Waals surface area (Å²) >= 11 is 5.84. The number of nitrogens with two attached hydrogens (primary N) is 1. The van der Waals surface area contributed by atoms with Gasteiger partial charge in [-0.25, -0.2) is 0 Å². The van der Waals surface area contributed by atoms with Gasteiger partial charge < -0.3 is 11.1 Å². The summed E-state index contributed by atoms with van der Waals surface area (Å²) in [5.74, 6) is 0.299. The molecule has 0 aliphatic heterocycles. The number of H-pyrrole nitrogens is 1. The van der Waals surface area contributed by atoms with Crippen LogP contribution >= 0.6 is 11.6 Å². The summed E-state index contributed by atoms with van der Waals surface area (Å²) in [6.45, 7) is 2.18. The number of amides is 1. The highest BCUT2D eigenvalue weighted by molar-refractivity contribution is 6.30. The van der Waals surface area contributed by atoms with E-state index >= 15 is 0 Å². The van der Waals surface area contributed by atoms with Gasteiger partial charge in [-0.2, -0.15) is 5.10 Å². The molecule has 1 aromatic carbocycles. The third-order valence-corrected chi connectivity index (χ3v) is 2.86. The van der Waals surface area contributed by atoms with E-state index in [4.69, 9.17) is 17.3 Å². The van der Waals surface area contributed by atoms with Crippen LogP contribution in [0.15, 0.2) is 24.4 Å². The Bertz CT molecular complexity index is 579. The van der Waals surface area contributed by atoms with Crippen LogP contribution in [0, 0.1) is 6.92 Å². The topological polar surface area (TPSA) is 83.8 Å². The molecule has 0 bridgehead atoms. The lowest BCUT2D eigenvalue weighted by Gasteiger charge is -2.07. The molecule has 94 valence electrons. The predicted octanol–water partition coefficient (Wildman–Crippen LogP) is 1.88. The number of benzene rings is 1. The van der Waals surface area contributed by atoms with Gasteiger partial charge in [-0.15, -0.1) is 0 Å². The number of rotatable bonds is 3. The number of hydrogen-bond donors (Lipinski definition) is 3. The van der Waals surface area contributed by atoms with Crippen molar-refractivity contribution in [1.29, 1.82) is 0 Å². The monoisotopic (exact) mass is 264 g/mol. The highest BCUT2D eigenvalue weighted by atomic mass is 35.5. The van der Waals surface area contributed by atoms with E-state index in [2.05, 4.69) is 15.5 Å². The Morgan fingerprint density at radius 2 is 2.33 bits per heavy atom. The van der Waals surface area contributed by atoms with Gasteiger partial charge in [-0.3, -0.25) is 9.89 Å². The molecular formula is C12H13ClN4O. The zero-order chi connectivity index (χ0) is 13.1. The molecule has 1 heterocycles. The molecule has 0 aliphatic rings. The third-order valence-electron chi connectivity index (χ3n) is 2.62. The number of aromatic amines is 1. The van der Waals surface area contributed by atoms with Gasteiger partial charge in [-0.05, 0) is 30.7 Å². The van der Waals surface area contributed by atoms with Crippen LogP contribution < -0.4 is 11.1 Å². The van der Waals surface area contributed by atoms with Gasteiger partial charge >= 0.3 is 0 Å². The zero-order valence-corrected chi connectivity index (χ0v) is 10.6. The average molecular weight is 265 g/mol. The van der Waals surface area contributed by atoms with Gasteiger partial charge in [-0.1, -0.05) is 11.6 Å². The first-order valence-corrected chi connectivity index (χ1v) is 5.78. The minimum atomic E-state index is -0.162. The van der Waals surface area contributed by atoms with E-state index in [1.165, 1.54) is 0 Å². The summed E-state index contributed by atoms with van der Waals surface area (Å²) in [6.07, 6.45) is 1.59. The number of carbonyl (C=O) groups excluding carboxylic acids is 1. The molecule has 0 saturated carbocycles. The summed E-state index contributed by atoms with van der Waals surface area (Å²) < 4.78 is 0. The van der Waals surface area contributed by atoms with Crippen molar-refractivity contribution < 1.29 is 4.79 Å². The second-order valence-corrected chi connectivity index (χ2v) is 4.39. The third kappa shape index (κ3) is 2.62. The zero-order valence-electron chi connectivity index (χ0n) is 9.83. The van der Waals surface area contributed by atoms with Crippen molar-refractivity contribution in [1.82, 2.24) is 15.5 Å². The van der Waals surface area contributed by atoms with Gasteiger partial charge in [0.05, 0.1) is 6.20 Å². The molecule has 0 atom stereocenters. The lowest BCUT2D eigenvalue weighted by Crippen LogP contribution is -2.23. The molecule has 0 aliphatic carbocycles. The second kappa shape index (κ2) is 5.10. The van der Waals surface area contributed by atoms with Crippen molar-refractivity contribution in [3.05, 3.63) is 46.1 Å². The summed E-state index contributed by atoms with van der Waals surface area (Å²) in [5.41, 5.74) is 7.82. The number of nitrogens with zero attached hydrogens (tertiary/aromatic N) is 1. The average Bonchev–Trinajstić information content (AvgIpc) is 2.72. The predicted molar refractivity (Wildman–Crippen MR) is 70.4 cm³/mol. The first-order chi connectivity index (χ1) is 8.58. The molecule has 4 N–H and O–H groups in total. The van der Waals surface area contributed by atoms with Crippen molar-refractivity contribution in [3.63, 3.8) is 0 Å². The van der Waals surface area contributed by atoms with Crippen molar-refractivity contribution in [3.8, 4) is 0 Å². The van der Waals surface area contributed by atoms with E-state index in [0.717, 1.165) is 11.1 Å². The standard InChI is InChI=1S/C12H13ClN4O/c1-7-4-9(13)2-3-10(7)12(18)15-5-8-6-16-17-11(8)14/h2-4,6H,5H2,1H3,(H,15,18)(H3,14,16,17). The van der Waals surface area contributed by atoms with E-state index in [1.54, 1.807) is 24.4 Å². The molecule has 0 radical (unpaired) electrons. The van der Waals surface area contributed by atoms with Crippen LogP contribution in [0.3, 0.4) is 0 Å². The highest BCUT2D eigenvalue weighted by Crippen LogP contribution is 2.15. The molecule has 2 aromatic rings. The Kier molecular flexibility index (Phi) is 3.53. The maximum Gasteiger partial charge on any atom is 0.251 e. The van der Waals surface area contributed by atoms with Crippen molar-refractivity contribution in [2.45, 2.75) is 13.5 Å². The van der Waals surface area contributed by atoms with Crippen molar-refractivity contribution >= 4 is 23.3 Å². The minimum absolute atomic E-state index is 0.162. The summed E-state index contributed by atoms with van der Waals surface area (Å²) in [6, 6.07) is 5.14. The molecule has 18 heavy (non-hydrogen) atoms. The molecule has 2 rings (SSSR count). The van der Waals surface area contributed by atoms with Gasteiger partial charge in [0, 0.05) is 22.7 Å². The van der Waals surface area contributed by atoms with Crippen LogP contribution in [0.1, 0.15) is 21.5 Å². The summed E-state index contributed by atoms with van der Waals surface area (Å²) in [4.78, 5) is 12.0. The molecule has 0 fully saturated rings. The van der Waals surface area contributed by atoms with Gasteiger partial charge in [0.2, 0.25) is 0 Å². The molecule has 5 nitrogen and oxygen atoms in total. The second-order valence-electron chi connectivity index (χ2n) is 3.95. The summed E-state index contributed by atoms with van der Waals surface area (Å²) in [7, 11) is 0. The normalized spacial score (nSPS) is 10.3. The lowest BCUT2D eigenvalue weighted by atomic mass is 10.1. The van der Waals surface area contributed by atoms with Gasteiger partial charge in [0.25, 0.3) is 5.91 Å². The van der Waals surface area contributed by atoms with E-state index in [-0.39, 0.29) is 5.91 Å². The Balaban J connectivity index is 2.06. The number of halogens is 1. The quantitative estimate of drug-likeness (QED) is 0.791. The lowest BCUT2D eigenvalue weighted by molar-refractivity contribution is 0.0950. The Morgan fingerprint density at radius 1 is 1.56 bits per heavy atom. The van der Waals surface area contributed by atoms with Crippen LogP contribution in [0.25, 0.3) is 0 Å². The fraction of sp³-hybridized carbons (Fsp3) is 0.167. The molecule has 0 unspecified atom stereocenters. The Labute approximate surface area is 109 Å². The first kappa shape index (κ1) is 12.4. The molecular weight excluding hydrogens is 252 g/mol. The largest absolute Gasteiger partial charge is 0.384 e.